The van der Waals surface area contributed by atoms with Crippen LogP contribution in [-0.4, -0.2) is 54.7 Å². The van der Waals surface area contributed by atoms with Crippen molar-refractivity contribution in [3.63, 3.8) is 0 Å². The van der Waals surface area contributed by atoms with Gasteiger partial charge in [-0.2, -0.15) is 0 Å². The molecule has 1 saturated carbocycles. The number of aromatic nitrogens is 1. The molecule has 0 bridgehead atoms. The average molecular weight is 383 g/mol. The number of piperazine rings is 1. The summed E-state index contributed by atoms with van der Waals surface area (Å²) in [5.74, 6) is 1.16. The van der Waals surface area contributed by atoms with Gasteiger partial charge in [-0.3, -0.25) is 15.0 Å². The second-order valence-electron chi connectivity index (χ2n) is 7.97. The van der Waals surface area contributed by atoms with Crippen molar-refractivity contribution in [3.8, 4) is 0 Å². The SMILES string of the molecule is Cc1cc(NC(=O)C(C)Nc2cccc(N3CCN(CC4CC4)CC3)c2)on1. The van der Waals surface area contributed by atoms with E-state index in [-0.39, 0.29) is 5.91 Å². The molecule has 0 radical (unpaired) electrons. The molecule has 150 valence electrons. The summed E-state index contributed by atoms with van der Waals surface area (Å²) in [7, 11) is 0. The van der Waals surface area contributed by atoms with Gasteiger partial charge < -0.3 is 14.7 Å². The summed E-state index contributed by atoms with van der Waals surface area (Å²) in [6, 6.07) is 9.61. The van der Waals surface area contributed by atoms with Gasteiger partial charge in [0, 0.05) is 50.2 Å². The number of carbonyl (C=O) groups is 1. The highest BCUT2D eigenvalue weighted by Gasteiger charge is 2.26. The van der Waals surface area contributed by atoms with E-state index in [0.717, 1.165) is 43.5 Å². The number of rotatable bonds is 7. The standard InChI is InChI=1S/C21H29N5O2/c1-15-12-20(28-24-15)23-21(27)16(2)22-18-4-3-5-19(13-18)26-10-8-25(9-11-26)14-17-6-7-17/h3-5,12-13,16-17,22H,6-11,14H2,1-2H3,(H,23,27). The summed E-state index contributed by atoms with van der Waals surface area (Å²) < 4.78 is 5.05. The second-order valence-corrected chi connectivity index (χ2v) is 7.97. The number of hydrogen-bond acceptors (Lipinski definition) is 6. The topological polar surface area (TPSA) is 73.6 Å². The molecule has 1 unspecified atom stereocenters. The van der Waals surface area contributed by atoms with Crippen LogP contribution in [0.2, 0.25) is 0 Å². The first-order valence-electron chi connectivity index (χ1n) is 10.1. The summed E-state index contributed by atoms with van der Waals surface area (Å²) in [5, 5.41) is 9.80. The Hall–Kier alpha value is -2.54. The number of nitrogens with one attached hydrogen (secondary N) is 2. The molecule has 28 heavy (non-hydrogen) atoms. The highest BCUT2D eigenvalue weighted by molar-refractivity contribution is 5.95. The number of hydrogen-bond donors (Lipinski definition) is 2. The van der Waals surface area contributed by atoms with E-state index in [1.165, 1.54) is 25.1 Å². The summed E-state index contributed by atoms with van der Waals surface area (Å²) in [4.78, 5) is 17.4. The number of anilines is 3. The van der Waals surface area contributed by atoms with Crippen molar-refractivity contribution in [3.05, 3.63) is 36.0 Å². The molecule has 1 saturated heterocycles. The maximum Gasteiger partial charge on any atom is 0.248 e. The monoisotopic (exact) mass is 383 g/mol. The number of aryl methyl sites for hydroxylation is 1. The number of nitrogens with zero attached hydrogens (tertiary/aromatic N) is 3. The molecule has 1 amide bonds. The summed E-state index contributed by atoms with van der Waals surface area (Å²) in [6.45, 7) is 9.29. The third-order valence-electron chi connectivity index (χ3n) is 5.45. The molecule has 1 aromatic carbocycles. The molecule has 2 fully saturated rings. The lowest BCUT2D eigenvalue weighted by Crippen LogP contribution is -2.47. The molecule has 7 nitrogen and oxygen atoms in total. The Kier molecular flexibility index (Phi) is 5.52. The maximum atomic E-state index is 12.4. The van der Waals surface area contributed by atoms with Crippen molar-refractivity contribution < 1.29 is 9.32 Å². The van der Waals surface area contributed by atoms with Gasteiger partial charge >= 0.3 is 0 Å². The Labute approximate surface area is 166 Å². The zero-order valence-electron chi connectivity index (χ0n) is 16.6. The first-order valence-corrected chi connectivity index (χ1v) is 10.1. The molecule has 2 aliphatic rings. The molecule has 0 spiro atoms. The molecule has 2 heterocycles. The Morgan fingerprint density at radius 3 is 2.71 bits per heavy atom. The minimum atomic E-state index is -0.393. The van der Waals surface area contributed by atoms with E-state index in [1.807, 2.05) is 26.0 Å². The molecule has 1 aliphatic heterocycles. The minimum Gasteiger partial charge on any atom is -0.374 e. The van der Waals surface area contributed by atoms with Crippen molar-refractivity contribution in [1.82, 2.24) is 10.1 Å². The van der Waals surface area contributed by atoms with E-state index in [9.17, 15) is 4.79 Å². The predicted octanol–water partition coefficient (Wildman–Crippen LogP) is 2.95. The van der Waals surface area contributed by atoms with Crippen molar-refractivity contribution in [2.24, 2.45) is 5.92 Å². The number of carbonyl (C=O) groups excluding carboxylic acids is 1. The molecule has 7 heteroatoms. The number of amides is 1. The van der Waals surface area contributed by atoms with Crippen LogP contribution in [0.3, 0.4) is 0 Å². The van der Waals surface area contributed by atoms with Crippen molar-refractivity contribution >= 4 is 23.2 Å². The predicted molar refractivity (Wildman–Crippen MR) is 111 cm³/mol. The van der Waals surface area contributed by atoms with Crippen LogP contribution in [0.4, 0.5) is 17.3 Å². The van der Waals surface area contributed by atoms with Crippen LogP contribution < -0.4 is 15.5 Å². The van der Waals surface area contributed by atoms with Crippen molar-refractivity contribution in [1.29, 1.82) is 0 Å². The Morgan fingerprint density at radius 1 is 1.25 bits per heavy atom. The van der Waals surface area contributed by atoms with Crippen LogP contribution in [0.5, 0.6) is 0 Å². The highest BCUT2D eigenvalue weighted by Crippen LogP contribution is 2.30. The van der Waals surface area contributed by atoms with Crippen LogP contribution in [0.15, 0.2) is 34.9 Å². The van der Waals surface area contributed by atoms with Gasteiger partial charge in [0.25, 0.3) is 0 Å². The van der Waals surface area contributed by atoms with Gasteiger partial charge in [0.1, 0.15) is 6.04 Å². The summed E-state index contributed by atoms with van der Waals surface area (Å²) >= 11 is 0. The lowest BCUT2D eigenvalue weighted by molar-refractivity contribution is -0.116. The van der Waals surface area contributed by atoms with Gasteiger partial charge in [-0.05, 0) is 50.8 Å². The maximum absolute atomic E-state index is 12.4. The van der Waals surface area contributed by atoms with E-state index < -0.39 is 6.04 Å². The van der Waals surface area contributed by atoms with E-state index >= 15 is 0 Å². The van der Waals surface area contributed by atoms with Gasteiger partial charge in [-0.15, -0.1) is 0 Å². The average Bonchev–Trinajstić information content (AvgIpc) is 3.42. The fourth-order valence-electron chi connectivity index (χ4n) is 3.61. The molecular formula is C21H29N5O2. The van der Waals surface area contributed by atoms with Crippen molar-refractivity contribution in [2.45, 2.75) is 32.7 Å². The molecule has 4 rings (SSSR count). The smallest absolute Gasteiger partial charge is 0.248 e. The molecule has 2 aromatic rings. The normalized spacial score (nSPS) is 18.7. The van der Waals surface area contributed by atoms with Gasteiger partial charge in [0.2, 0.25) is 11.8 Å². The first kappa shape index (κ1) is 18.8. The largest absolute Gasteiger partial charge is 0.374 e. The minimum absolute atomic E-state index is 0.157. The van der Waals surface area contributed by atoms with Gasteiger partial charge in [0.15, 0.2) is 0 Å². The lowest BCUT2D eigenvalue weighted by Gasteiger charge is -2.36. The zero-order valence-corrected chi connectivity index (χ0v) is 16.6. The second kappa shape index (κ2) is 8.22. The third-order valence-corrected chi connectivity index (χ3v) is 5.45. The van der Waals surface area contributed by atoms with Crippen molar-refractivity contribution in [2.75, 3.05) is 48.3 Å². The van der Waals surface area contributed by atoms with Crippen LogP contribution in [0.1, 0.15) is 25.5 Å². The molecule has 1 aromatic heterocycles. The van der Waals surface area contributed by atoms with Gasteiger partial charge in [0.05, 0.1) is 5.69 Å². The van der Waals surface area contributed by atoms with E-state index in [0.29, 0.717) is 5.88 Å². The number of benzene rings is 1. The van der Waals surface area contributed by atoms with E-state index in [2.05, 4.69) is 37.7 Å². The van der Waals surface area contributed by atoms with Crippen LogP contribution in [0, 0.1) is 12.8 Å². The Balaban J connectivity index is 1.31. The highest BCUT2D eigenvalue weighted by atomic mass is 16.5. The molecular weight excluding hydrogens is 354 g/mol. The molecule has 1 atom stereocenters. The summed E-state index contributed by atoms with van der Waals surface area (Å²) in [5.41, 5.74) is 2.88. The quantitative estimate of drug-likeness (QED) is 0.766. The first-order chi connectivity index (χ1) is 13.6. The van der Waals surface area contributed by atoms with Crippen LogP contribution in [-0.2, 0) is 4.79 Å². The summed E-state index contributed by atoms with van der Waals surface area (Å²) in [6.07, 6.45) is 2.82. The van der Waals surface area contributed by atoms with E-state index in [4.69, 9.17) is 4.52 Å². The molecule has 1 aliphatic carbocycles. The Morgan fingerprint density at radius 2 is 2.04 bits per heavy atom. The fourth-order valence-corrected chi connectivity index (χ4v) is 3.61. The Bertz CT molecular complexity index is 809. The lowest BCUT2D eigenvalue weighted by atomic mass is 10.2. The van der Waals surface area contributed by atoms with E-state index in [1.54, 1.807) is 6.07 Å². The van der Waals surface area contributed by atoms with Gasteiger partial charge in [-0.25, -0.2) is 0 Å². The fraction of sp³-hybridized carbons (Fsp3) is 0.524. The zero-order chi connectivity index (χ0) is 19.5. The van der Waals surface area contributed by atoms with Crippen LogP contribution >= 0.6 is 0 Å². The third kappa shape index (κ3) is 4.84. The van der Waals surface area contributed by atoms with Crippen LogP contribution in [0.25, 0.3) is 0 Å². The van der Waals surface area contributed by atoms with Gasteiger partial charge in [-0.1, -0.05) is 11.2 Å². The molecule has 2 N–H and O–H groups in total.